The third kappa shape index (κ3) is 2.12. The van der Waals surface area contributed by atoms with E-state index in [1.54, 1.807) is 19.2 Å². The SMILES string of the molecule is CCC(O)C(=O)c1cnccc1C. The average molecular weight is 179 g/mol. The van der Waals surface area contributed by atoms with E-state index in [4.69, 9.17) is 0 Å². The number of aliphatic hydroxyl groups excluding tert-OH is 1. The van der Waals surface area contributed by atoms with Crippen LogP contribution in [0.25, 0.3) is 0 Å². The van der Waals surface area contributed by atoms with Gasteiger partial charge in [0.25, 0.3) is 0 Å². The maximum absolute atomic E-state index is 11.5. The van der Waals surface area contributed by atoms with Crippen LogP contribution in [-0.2, 0) is 0 Å². The molecule has 70 valence electrons. The van der Waals surface area contributed by atoms with Crippen LogP contribution in [0.3, 0.4) is 0 Å². The van der Waals surface area contributed by atoms with Crippen LogP contribution in [-0.4, -0.2) is 22.0 Å². The number of carbonyl (C=O) groups excluding carboxylic acids is 1. The predicted molar refractivity (Wildman–Crippen MR) is 49.6 cm³/mol. The smallest absolute Gasteiger partial charge is 0.193 e. The molecule has 0 aliphatic rings. The van der Waals surface area contributed by atoms with Crippen molar-refractivity contribution < 1.29 is 9.90 Å². The second kappa shape index (κ2) is 4.14. The molecule has 3 heteroatoms. The van der Waals surface area contributed by atoms with Crippen molar-refractivity contribution in [3.63, 3.8) is 0 Å². The highest BCUT2D eigenvalue weighted by Gasteiger charge is 2.16. The molecule has 0 radical (unpaired) electrons. The van der Waals surface area contributed by atoms with Crippen LogP contribution >= 0.6 is 0 Å². The number of hydrogen-bond acceptors (Lipinski definition) is 3. The van der Waals surface area contributed by atoms with Gasteiger partial charge in [0.2, 0.25) is 0 Å². The van der Waals surface area contributed by atoms with Crippen LogP contribution in [0.5, 0.6) is 0 Å². The van der Waals surface area contributed by atoms with E-state index in [2.05, 4.69) is 4.98 Å². The van der Waals surface area contributed by atoms with E-state index >= 15 is 0 Å². The van der Waals surface area contributed by atoms with Gasteiger partial charge in [-0.05, 0) is 25.0 Å². The van der Waals surface area contributed by atoms with Crippen LogP contribution < -0.4 is 0 Å². The van der Waals surface area contributed by atoms with Crippen molar-refractivity contribution >= 4 is 5.78 Å². The highest BCUT2D eigenvalue weighted by molar-refractivity contribution is 6.00. The second-order valence-electron chi connectivity index (χ2n) is 2.98. The minimum absolute atomic E-state index is 0.242. The molecule has 1 atom stereocenters. The lowest BCUT2D eigenvalue weighted by atomic mass is 10.0. The van der Waals surface area contributed by atoms with Gasteiger partial charge in [-0.25, -0.2) is 0 Å². The summed E-state index contributed by atoms with van der Waals surface area (Å²) < 4.78 is 0. The first-order chi connectivity index (χ1) is 6.16. The number of carbonyl (C=O) groups is 1. The van der Waals surface area contributed by atoms with Gasteiger partial charge in [0.15, 0.2) is 5.78 Å². The second-order valence-corrected chi connectivity index (χ2v) is 2.98. The third-order valence-electron chi connectivity index (χ3n) is 1.99. The Labute approximate surface area is 77.4 Å². The van der Waals surface area contributed by atoms with E-state index in [1.165, 1.54) is 6.20 Å². The van der Waals surface area contributed by atoms with Crippen molar-refractivity contribution in [2.75, 3.05) is 0 Å². The molecule has 0 aliphatic heterocycles. The summed E-state index contributed by atoms with van der Waals surface area (Å²) in [4.78, 5) is 15.4. The first-order valence-corrected chi connectivity index (χ1v) is 4.29. The molecule has 1 rings (SSSR count). The topological polar surface area (TPSA) is 50.2 Å². The molecule has 0 amide bonds. The number of ketones is 1. The molecule has 1 aromatic rings. The summed E-state index contributed by atoms with van der Waals surface area (Å²) in [5.74, 6) is -0.242. The lowest BCUT2D eigenvalue weighted by Gasteiger charge is -2.07. The van der Waals surface area contributed by atoms with Crippen LogP contribution in [0.2, 0.25) is 0 Å². The number of aromatic nitrogens is 1. The molecule has 1 unspecified atom stereocenters. The van der Waals surface area contributed by atoms with Crippen molar-refractivity contribution in [1.82, 2.24) is 4.98 Å². The van der Waals surface area contributed by atoms with Gasteiger partial charge in [0, 0.05) is 18.0 Å². The molecule has 1 aromatic heterocycles. The van der Waals surface area contributed by atoms with E-state index in [9.17, 15) is 9.90 Å². The Morgan fingerprint density at radius 1 is 1.69 bits per heavy atom. The van der Waals surface area contributed by atoms with Crippen molar-refractivity contribution in [3.8, 4) is 0 Å². The quantitative estimate of drug-likeness (QED) is 0.712. The summed E-state index contributed by atoms with van der Waals surface area (Å²) >= 11 is 0. The highest BCUT2D eigenvalue weighted by atomic mass is 16.3. The minimum Gasteiger partial charge on any atom is -0.385 e. The fourth-order valence-corrected chi connectivity index (χ4v) is 1.09. The van der Waals surface area contributed by atoms with E-state index in [1.807, 2.05) is 6.92 Å². The van der Waals surface area contributed by atoms with Gasteiger partial charge in [-0.15, -0.1) is 0 Å². The van der Waals surface area contributed by atoms with E-state index in [0.717, 1.165) is 5.56 Å². The molecular weight excluding hydrogens is 166 g/mol. The molecule has 13 heavy (non-hydrogen) atoms. The van der Waals surface area contributed by atoms with E-state index < -0.39 is 6.10 Å². The zero-order chi connectivity index (χ0) is 9.84. The molecule has 1 heterocycles. The largest absolute Gasteiger partial charge is 0.385 e. The Bertz CT molecular complexity index is 310. The molecule has 0 bridgehead atoms. The molecule has 3 nitrogen and oxygen atoms in total. The first kappa shape index (κ1) is 9.86. The molecular formula is C10H13NO2. The number of aliphatic hydroxyl groups is 1. The first-order valence-electron chi connectivity index (χ1n) is 4.29. The number of pyridine rings is 1. The van der Waals surface area contributed by atoms with Gasteiger partial charge in [0.1, 0.15) is 6.10 Å². The summed E-state index contributed by atoms with van der Waals surface area (Å²) in [7, 11) is 0. The van der Waals surface area contributed by atoms with Crippen molar-refractivity contribution in [3.05, 3.63) is 29.6 Å². The van der Waals surface area contributed by atoms with Crippen molar-refractivity contribution in [1.29, 1.82) is 0 Å². The van der Waals surface area contributed by atoms with Crippen LogP contribution in [0.4, 0.5) is 0 Å². The van der Waals surface area contributed by atoms with Gasteiger partial charge < -0.3 is 5.11 Å². The van der Waals surface area contributed by atoms with Gasteiger partial charge in [0.05, 0.1) is 0 Å². The Balaban J connectivity index is 2.95. The summed E-state index contributed by atoms with van der Waals surface area (Å²) in [5.41, 5.74) is 1.37. The number of nitrogens with zero attached hydrogens (tertiary/aromatic N) is 1. The number of Topliss-reactive ketones (excluding diaryl/α,β-unsaturated/α-hetero) is 1. The molecule has 0 saturated heterocycles. The normalized spacial score (nSPS) is 12.5. The predicted octanol–water partition coefficient (Wildman–Crippen LogP) is 1.34. The van der Waals surface area contributed by atoms with Crippen molar-refractivity contribution in [2.24, 2.45) is 0 Å². The maximum atomic E-state index is 11.5. The zero-order valence-electron chi connectivity index (χ0n) is 7.82. The van der Waals surface area contributed by atoms with Crippen molar-refractivity contribution in [2.45, 2.75) is 26.4 Å². The standard InChI is InChI=1S/C10H13NO2/c1-3-9(12)10(13)8-6-11-5-4-7(8)2/h4-6,9,12H,3H2,1-2H3. The molecule has 0 spiro atoms. The molecule has 0 aliphatic carbocycles. The van der Waals surface area contributed by atoms with Crippen LogP contribution in [0.15, 0.2) is 18.5 Å². The van der Waals surface area contributed by atoms with Gasteiger partial charge in [-0.2, -0.15) is 0 Å². The zero-order valence-corrected chi connectivity index (χ0v) is 7.82. The Kier molecular flexibility index (Phi) is 3.14. The fraction of sp³-hybridized carbons (Fsp3) is 0.400. The van der Waals surface area contributed by atoms with Gasteiger partial charge in [-0.1, -0.05) is 6.92 Å². The summed E-state index contributed by atoms with van der Waals surface area (Å²) in [6.07, 6.45) is 2.66. The Hall–Kier alpha value is -1.22. The lowest BCUT2D eigenvalue weighted by Crippen LogP contribution is -2.20. The number of rotatable bonds is 3. The van der Waals surface area contributed by atoms with E-state index in [0.29, 0.717) is 12.0 Å². The third-order valence-corrected chi connectivity index (χ3v) is 1.99. The maximum Gasteiger partial charge on any atom is 0.193 e. The van der Waals surface area contributed by atoms with E-state index in [-0.39, 0.29) is 5.78 Å². The van der Waals surface area contributed by atoms with Gasteiger partial charge >= 0.3 is 0 Å². The Morgan fingerprint density at radius 3 is 2.92 bits per heavy atom. The van der Waals surface area contributed by atoms with Crippen LogP contribution in [0, 0.1) is 6.92 Å². The average Bonchev–Trinajstić information content (AvgIpc) is 2.16. The summed E-state index contributed by atoms with van der Waals surface area (Å²) in [6.45, 7) is 3.60. The number of aryl methyl sites for hydroxylation is 1. The molecule has 1 N–H and O–H groups in total. The summed E-state index contributed by atoms with van der Waals surface area (Å²) in [5, 5.41) is 9.33. The highest BCUT2D eigenvalue weighted by Crippen LogP contribution is 2.09. The van der Waals surface area contributed by atoms with Crippen LogP contribution in [0.1, 0.15) is 29.3 Å². The monoisotopic (exact) mass is 179 g/mol. The fourth-order valence-electron chi connectivity index (χ4n) is 1.09. The number of hydrogen-bond donors (Lipinski definition) is 1. The molecule has 0 aromatic carbocycles. The molecule has 0 saturated carbocycles. The minimum atomic E-state index is -0.900. The van der Waals surface area contributed by atoms with Gasteiger partial charge in [-0.3, -0.25) is 9.78 Å². The summed E-state index contributed by atoms with van der Waals surface area (Å²) in [6, 6.07) is 1.76. The Morgan fingerprint density at radius 2 is 2.38 bits per heavy atom. The lowest BCUT2D eigenvalue weighted by molar-refractivity contribution is 0.0739. The molecule has 0 fully saturated rings.